The Morgan fingerprint density at radius 3 is 2.67 bits per heavy atom. The van der Waals surface area contributed by atoms with E-state index in [4.69, 9.17) is 41.8 Å². The van der Waals surface area contributed by atoms with Crippen LogP contribution in [0, 0.1) is 5.92 Å². The van der Waals surface area contributed by atoms with Gasteiger partial charge in [-0.05, 0) is 54.8 Å². The molecular formula is C24H26Cl2N4O5S. The van der Waals surface area contributed by atoms with Crippen molar-refractivity contribution in [1.82, 2.24) is 15.6 Å². The smallest absolute Gasteiger partial charge is 0.277 e. The Bertz CT molecular complexity index is 1190. The lowest BCUT2D eigenvalue weighted by Crippen LogP contribution is -2.19. The predicted octanol–water partition coefficient (Wildman–Crippen LogP) is 5.63. The van der Waals surface area contributed by atoms with Gasteiger partial charge in [-0.25, -0.2) is 5.43 Å². The second-order valence-corrected chi connectivity index (χ2v) is 9.52. The first-order valence-corrected chi connectivity index (χ1v) is 12.8. The van der Waals surface area contributed by atoms with Gasteiger partial charge in [-0.3, -0.25) is 4.79 Å². The van der Waals surface area contributed by atoms with E-state index in [0.29, 0.717) is 46.4 Å². The zero-order chi connectivity index (χ0) is 25.9. The van der Waals surface area contributed by atoms with E-state index in [-0.39, 0.29) is 29.4 Å². The molecule has 9 nitrogen and oxygen atoms in total. The number of benzene rings is 2. The van der Waals surface area contributed by atoms with Gasteiger partial charge in [-0.2, -0.15) is 5.10 Å². The molecule has 192 valence electrons. The number of nitrogens with one attached hydrogen (secondary N) is 1. The van der Waals surface area contributed by atoms with Gasteiger partial charge < -0.3 is 18.6 Å². The van der Waals surface area contributed by atoms with Gasteiger partial charge in [-0.15, -0.1) is 10.2 Å². The molecule has 0 saturated heterocycles. The summed E-state index contributed by atoms with van der Waals surface area (Å²) in [4.78, 5) is 12.1. The van der Waals surface area contributed by atoms with Crippen molar-refractivity contribution < 1.29 is 23.4 Å². The zero-order valence-corrected chi connectivity index (χ0v) is 22.3. The normalized spacial score (nSPS) is 11.2. The molecule has 0 atom stereocenters. The Morgan fingerprint density at radius 2 is 1.92 bits per heavy atom. The molecule has 2 aromatic carbocycles. The quantitative estimate of drug-likeness (QED) is 0.165. The second-order valence-electron chi connectivity index (χ2n) is 7.75. The lowest BCUT2D eigenvalue weighted by Gasteiger charge is -2.13. The van der Waals surface area contributed by atoms with Crippen LogP contribution in [0.2, 0.25) is 10.0 Å². The Hall–Kier alpha value is -2.95. The van der Waals surface area contributed by atoms with Crippen LogP contribution in [0.1, 0.15) is 32.2 Å². The van der Waals surface area contributed by atoms with E-state index >= 15 is 0 Å². The third-order valence-electron chi connectivity index (χ3n) is 4.26. The highest BCUT2D eigenvalue weighted by atomic mass is 35.5. The molecule has 0 bridgehead atoms. The van der Waals surface area contributed by atoms with E-state index in [9.17, 15) is 4.79 Å². The molecule has 0 aliphatic carbocycles. The van der Waals surface area contributed by atoms with Gasteiger partial charge in [0.2, 0.25) is 0 Å². The molecular weight excluding hydrogens is 527 g/mol. The van der Waals surface area contributed by atoms with Crippen molar-refractivity contribution in [2.45, 2.75) is 32.6 Å². The minimum atomic E-state index is -0.331. The van der Waals surface area contributed by atoms with E-state index in [2.05, 4.69) is 34.6 Å². The minimum absolute atomic E-state index is 0.0242. The molecule has 0 radical (unpaired) electrons. The summed E-state index contributed by atoms with van der Waals surface area (Å²) >= 11 is 13.0. The predicted molar refractivity (Wildman–Crippen MR) is 139 cm³/mol. The second kappa shape index (κ2) is 14.0. The van der Waals surface area contributed by atoms with Crippen LogP contribution >= 0.6 is 35.0 Å². The SMILES string of the molecule is CCOc1cc(/C=N\NC(=O)CSc2nnc(COc3ccc(Cl)cc3Cl)o2)ccc1OCC(C)C. The fourth-order valence-corrected chi connectivity index (χ4v) is 3.71. The molecule has 3 rings (SSSR count). The Balaban J connectivity index is 1.45. The lowest BCUT2D eigenvalue weighted by atomic mass is 10.2. The van der Waals surface area contributed by atoms with Crippen LogP contribution in [0.4, 0.5) is 0 Å². The maximum atomic E-state index is 12.1. The molecule has 1 heterocycles. The number of nitrogens with zero attached hydrogens (tertiary/aromatic N) is 3. The first-order valence-electron chi connectivity index (χ1n) is 11.1. The number of carbonyl (C=O) groups excluding carboxylic acids is 1. The van der Waals surface area contributed by atoms with Crippen LogP contribution in [0.3, 0.4) is 0 Å². The summed E-state index contributed by atoms with van der Waals surface area (Å²) in [5, 5.41) is 12.9. The van der Waals surface area contributed by atoms with Crippen molar-refractivity contribution in [2.75, 3.05) is 19.0 Å². The highest BCUT2D eigenvalue weighted by Crippen LogP contribution is 2.29. The summed E-state index contributed by atoms with van der Waals surface area (Å²) in [6.45, 7) is 7.18. The Kier molecular flexibility index (Phi) is 10.7. The van der Waals surface area contributed by atoms with Crippen molar-refractivity contribution in [3.8, 4) is 17.2 Å². The zero-order valence-electron chi connectivity index (χ0n) is 20.0. The van der Waals surface area contributed by atoms with Crippen LogP contribution < -0.4 is 19.6 Å². The molecule has 0 spiro atoms. The summed E-state index contributed by atoms with van der Waals surface area (Å²) in [6, 6.07) is 10.3. The highest BCUT2D eigenvalue weighted by molar-refractivity contribution is 7.99. The Morgan fingerprint density at radius 1 is 1.11 bits per heavy atom. The summed E-state index contributed by atoms with van der Waals surface area (Å²) in [7, 11) is 0. The van der Waals surface area contributed by atoms with Crippen LogP contribution in [-0.2, 0) is 11.4 Å². The van der Waals surface area contributed by atoms with Crippen molar-refractivity contribution in [2.24, 2.45) is 11.0 Å². The number of carbonyl (C=O) groups is 1. The number of amides is 1. The monoisotopic (exact) mass is 552 g/mol. The number of aromatic nitrogens is 2. The van der Waals surface area contributed by atoms with Crippen molar-refractivity contribution in [1.29, 1.82) is 0 Å². The molecule has 0 unspecified atom stereocenters. The van der Waals surface area contributed by atoms with Gasteiger partial charge in [0, 0.05) is 5.02 Å². The Labute approximate surface area is 223 Å². The minimum Gasteiger partial charge on any atom is -0.490 e. The lowest BCUT2D eigenvalue weighted by molar-refractivity contribution is -0.118. The van der Waals surface area contributed by atoms with Gasteiger partial charge in [0.05, 0.1) is 30.2 Å². The summed E-state index contributed by atoms with van der Waals surface area (Å²) in [5.74, 6) is 2.08. The summed E-state index contributed by atoms with van der Waals surface area (Å²) in [6.07, 6.45) is 1.53. The fourth-order valence-electron chi connectivity index (χ4n) is 2.67. The number of ether oxygens (including phenoxy) is 3. The first kappa shape index (κ1) is 27.6. The molecule has 36 heavy (non-hydrogen) atoms. The van der Waals surface area contributed by atoms with Crippen molar-refractivity contribution >= 4 is 47.1 Å². The van der Waals surface area contributed by atoms with E-state index in [1.165, 1.54) is 6.21 Å². The maximum Gasteiger partial charge on any atom is 0.277 e. The van der Waals surface area contributed by atoms with Gasteiger partial charge in [0.1, 0.15) is 5.75 Å². The van der Waals surface area contributed by atoms with E-state index in [1.807, 2.05) is 25.1 Å². The largest absolute Gasteiger partial charge is 0.490 e. The average Bonchev–Trinajstić information content (AvgIpc) is 3.30. The van der Waals surface area contributed by atoms with E-state index in [0.717, 1.165) is 17.3 Å². The standard InChI is InChI=1S/C24H26Cl2N4O5S/c1-4-32-21-9-16(5-7-20(21)33-12-15(2)3)11-27-28-22(31)14-36-24-30-29-23(35-24)13-34-19-8-6-17(25)10-18(19)26/h5-11,15H,4,12-14H2,1-3H3,(H,28,31)/b27-11-. The number of hydrogen-bond acceptors (Lipinski definition) is 9. The van der Waals surface area contributed by atoms with Gasteiger partial charge in [0.15, 0.2) is 18.1 Å². The number of thioether (sulfide) groups is 1. The fraction of sp³-hybridized carbons (Fsp3) is 0.333. The van der Waals surface area contributed by atoms with E-state index < -0.39 is 0 Å². The molecule has 1 amide bonds. The molecule has 0 saturated carbocycles. The number of rotatable bonds is 13. The molecule has 3 aromatic rings. The topological polar surface area (TPSA) is 108 Å². The molecule has 1 aromatic heterocycles. The molecule has 0 fully saturated rings. The number of halogens is 2. The molecule has 1 N–H and O–H groups in total. The highest BCUT2D eigenvalue weighted by Gasteiger charge is 2.12. The van der Waals surface area contributed by atoms with Crippen LogP contribution in [0.25, 0.3) is 0 Å². The molecule has 0 aliphatic rings. The van der Waals surface area contributed by atoms with Crippen molar-refractivity contribution in [3.63, 3.8) is 0 Å². The third kappa shape index (κ3) is 8.92. The van der Waals surface area contributed by atoms with Gasteiger partial charge >= 0.3 is 0 Å². The summed E-state index contributed by atoms with van der Waals surface area (Å²) in [5.41, 5.74) is 3.22. The average molecular weight is 553 g/mol. The molecule has 12 heteroatoms. The van der Waals surface area contributed by atoms with Gasteiger partial charge in [-0.1, -0.05) is 48.8 Å². The van der Waals surface area contributed by atoms with Crippen molar-refractivity contribution in [3.05, 3.63) is 57.9 Å². The third-order valence-corrected chi connectivity index (χ3v) is 5.61. The van der Waals surface area contributed by atoms with Crippen LogP contribution in [0.15, 0.2) is 51.1 Å². The van der Waals surface area contributed by atoms with Gasteiger partial charge in [0.25, 0.3) is 17.0 Å². The molecule has 0 aliphatic heterocycles. The van der Waals surface area contributed by atoms with Crippen LogP contribution in [-0.4, -0.2) is 41.3 Å². The maximum absolute atomic E-state index is 12.1. The summed E-state index contributed by atoms with van der Waals surface area (Å²) < 4.78 is 22.5. The van der Waals surface area contributed by atoms with E-state index in [1.54, 1.807) is 18.2 Å². The number of hydrazone groups is 1. The first-order chi connectivity index (χ1) is 17.3. The number of hydrogen-bond donors (Lipinski definition) is 1. The van der Waals surface area contributed by atoms with Crippen LogP contribution in [0.5, 0.6) is 17.2 Å².